The Morgan fingerprint density at radius 2 is 1.88 bits per heavy atom. The number of aromatic nitrogens is 1. The summed E-state index contributed by atoms with van der Waals surface area (Å²) >= 11 is 0. The molecule has 138 valence electrons. The molecule has 2 heterocycles. The molecule has 0 spiro atoms. The van der Waals surface area contributed by atoms with Gasteiger partial charge in [0.25, 0.3) is 5.91 Å². The molecular weight excluding hydrogens is 326 g/mol. The van der Waals surface area contributed by atoms with Gasteiger partial charge in [-0.1, -0.05) is 12.1 Å². The second kappa shape index (κ2) is 7.36. The van der Waals surface area contributed by atoms with E-state index in [4.69, 9.17) is 0 Å². The van der Waals surface area contributed by atoms with Gasteiger partial charge < -0.3 is 14.8 Å². The summed E-state index contributed by atoms with van der Waals surface area (Å²) in [6.45, 7) is 9.52. The molecule has 3 rings (SSSR count). The zero-order valence-corrected chi connectivity index (χ0v) is 16.0. The van der Waals surface area contributed by atoms with Crippen molar-refractivity contribution >= 4 is 17.5 Å². The quantitative estimate of drug-likeness (QED) is 0.890. The number of carbonyl (C=O) groups excluding carboxylic acids is 2. The van der Waals surface area contributed by atoms with Crippen molar-refractivity contribution in [3.63, 3.8) is 0 Å². The first-order valence-electron chi connectivity index (χ1n) is 9.24. The molecular formula is C21H27N3O2. The first-order chi connectivity index (χ1) is 12.4. The molecule has 1 aromatic heterocycles. The smallest absolute Gasteiger partial charge is 0.253 e. The monoisotopic (exact) mass is 353 g/mol. The van der Waals surface area contributed by atoms with Crippen LogP contribution in [0.1, 0.15) is 60.0 Å². The van der Waals surface area contributed by atoms with E-state index >= 15 is 0 Å². The molecule has 0 saturated carbocycles. The first kappa shape index (κ1) is 18.2. The molecule has 0 atom stereocenters. The summed E-state index contributed by atoms with van der Waals surface area (Å²) in [5.41, 5.74) is 4.78. The largest absolute Gasteiger partial charge is 0.348 e. The third-order valence-corrected chi connectivity index (χ3v) is 5.02. The van der Waals surface area contributed by atoms with E-state index in [9.17, 15) is 9.59 Å². The van der Waals surface area contributed by atoms with Gasteiger partial charge in [0.15, 0.2) is 0 Å². The number of nitrogens with zero attached hydrogens (tertiary/aromatic N) is 2. The summed E-state index contributed by atoms with van der Waals surface area (Å²) in [6.07, 6.45) is 1.55. The molecule has 1 saturated heterocycles. The number of nitrogens with one attached hydrogen (secondary N) is 1. The predicted octanol–water partition coefficient (Wildman–Crippen LogP) is 3.74. The number of hydrogen-bond acceptors (Lipinski definition) is 2. The number of benzene rings is 1. The van der Waals surface area contributed by atoms with Crippen molar-refractivity contribution < 1.29 is 9.59 Å². The lowest BCUT2D eigenvalue weighted by Crippen LogP contribution is -2.24. The van der Waals surface area contributed by atoms with Crippen molar-refractivity contribution in [2.45, 2.75) is 53.1 Å². The summed E-state index contributed by atoms with van der Waals surface area (Å²) in [4.78, 5) is 26.2. The van der Waals surface area contributed by atoms with Crippen LogP contribution in [0.3, 0.4) is 0 Å². The topological polar surface area (TPSA) is 54.3 Å². The Hall–Kier alpha value is -2.56. The maximum atomic E-state index is 12.6. The molecule has 1 N–H and O–H groups in total. The molecule has 5 heteroatoms. The molecule has 0 unspecified atom stereocenters. The van der Waals surface area contributed by atoms with Gasteiger partial charge in [-0.25, -0.2) is 0 Å². The third-order valence-electron chi connectivity index (χ3n) is 5.02. The highest BCUT2D eigenvalue weighted by Crippen LogP contribution is 2.22. The molecule has 1 fully saturated rings. The van der Waals surface area contributed by atoms with Gasteiger partial charge in [0.2, 0.25) is 5.91 Å². The standard InChI is InChI=1S/C21H27N3O2/c1-14(2)24-15(3)12-19(16(24)4)21(26)22-13-17-7-9-18(10-8-17)23-11-5-6-20(23)25/h7-10,12,14H,5-6,11,13H2,1-4H3,(H,22,26). The van der Waals surface area contributed by atoms with Gasteiger partial charge in [0.05, 0.1) is 5.56 Å². The van der Waals surface area contributed by atoms with Gasteiger partial charge in [0, 0.05) is 42.6 Å². The SMILES string of the molecule is Cc1cc(C(=O)NCc2ccc(N3CCCC3=O)cc2)c(C)n1C(C)C. The molecule has 5 nitrogen and oxygen atoms in total. The van der Waals surface area contributed by atoms with Crippen molar-refractivity contribution in [1.82, 2.24) is 9.88 Å². The van der Waals surface area contributed by atoms with Crippen LogP contribution in [0.2, 0.25) is 0 Å². The van der Waals surface area contributed by atoms with Crippen LogP contribution < -0.4 is 10.2 Å². The van der Waals surface area contributed by atoms with Gasteiger partial charge in [0.1, 0.15) is 0 Å². The highest BCUT2D eigenvalue weighted by molar-refractivity contribution is 5.96. The summed E-state index contributed by atoms with van der Waals surface area (Å²) in [7, 11) is 0. The maximum Gasteiger partial charge on any atom is 0.253 e. The van der Waals surface area contributed by atoms with Gasteiger partial charge in [-0.3, -0.25) is 9.59 Å². The number of amides is 2. The number of anilines is 1. The minimum Gasteiger partial charge on any atom is -0.348 e. The van der Waals surface area contributed by atoms with Crippen molar-refractivity contribution in [3.8, 4) is 0 Å². The number of rotatable bonds is 5. The van der Waals surface area contributed by atoms with Crippen LogP contribution in [0.25, 0.3) is 0 Å². The summed E-state index contributed by atoms with van der Waals surface area (Å²) in [5.74, 6) is 0.135. The van der Waals surface area contributed by atoms with Crippen LogP contribution in [0.4, 0.5) is 5.69 Å². The van der Waals surface area contributed by atoms with Crippen LogP contribution in [-0.4, -0.2) is 22.9 Å². The van der Waals surface area contributed by atoms with E-state index in [-0.39, 0.29) is 11.8 Å². The zero-order chi connectivity index (χ0) is 18.8. The summed E-state index contributed by atoms with van der Waals surface area (Å²) in [6, 6.07) is 10.1. The molecule has 1 aromatic carbocycles. The van der Waals surface area contributed by atoms with Crippen molar-refractivity contribution in [2.24, 2.45) is 0 Å². The van der Waals surface area contributed by atoms with Crippen molar-refractivity contribution in [1.29, 1.82) is 0 Å². The summed E-state index contributed by atoms with van der Waals surface area (Å²) < 4.78 is 2.18. The van der Waals surface area contributed by atoms with Crippen LogP contribution >= 0.6 is 0 Å². The Balaban J connectivity index is 1.65. The fourth-order valence-electron chi connectivity index (χ4n) is 3.79. The average Bonchev–Trinajstić information content (AvgIpc) is 3.16. The molecule has 1 aliphatic heterocycles. The van der Waals surface area contributed by atoms with Crippen molar-refractivity contribution in [2.75, 3.05) is 11.4 Å². The van der Waals surface area contributed by atoms with Crippen LogP contribution in [0.5, 0.6) is 0 Å². The van der Waals surface area contributed by atoms with Gasteiger partial charge in [-0.15, -0.1) is 0 Å². The average molecular weight is 353 g/mol. The summed E-state index contributed by atoms with van der Waals surface area (Å²) in [5, 5.41) is 3.00. The Morgan fingerprint density at radius 3 is 2.42 bits per heavy atom. The highest BCUT2D eigenvalue weighted by atomic mass is 16.2. The van der Waals surface area contributed by atoms with Crippen LogP contribution in [0.15, 0.2) is 30.3 Å². The maximum absolute atomic E-state index is 12.6. The van der Waals surface area contributed by atoms with Gasteiger partial charge in [-0.2, -0.15) is 0 Å². The number of hydrogen-bond donors (Lipinski definition) is 1. The number of aryl methyl sites for hydroxylation is 1. The van der Waals surface area contributed by atoms with E-state index in [2.05, 4.69) is 23.7 Å². The predicted molar refractivity (Wildman–Crippen MR) is 103 cm³/mol. The van der Waals surface area contributed by atoms with E-state index in [1.54, 1.807) is 0 Å². The Morgan fingerprint density at radius 1 is 1.19 bits per heavy atom. The van der Waals surface area contributed by atoms with E-state index < -0.39 is 0 Å². The third kappa shape index (κ3) is 3.52. The van der Waals surface area contributed by atoms with Gasteiger partial charge in [-0.05, 0) is 57.9 Å². The highest BCUT2D eigenvalue weighted by Gasteiger charge is 2.21. The van der Waals surface area contributed by atoms with Gasteiger partial charge >= 0.3 is 0 Å². The zero-order valence-electron chi connectivity index (χ0n) is 16.0. The normalized spacial score (nSPS) is 14.3. The molecule has 0 aliphatic carbocycles. The fourth-order valence-corrected chi connectivity index (χ4v) is 3.79. The van der Waals surface area contributed by atoms with E-state index in [0.29, 0.717) is 19.0 Å². The van der Waals surface area contributed by atoms with Crippen LogP contribution in [0, 0.1) is 13.8 Å². The lowest BCUT2D eigenvalue weighted by molar-refractivity contribution is -0.117. The lowest BCUT2D eigenvalue weighted by atomic mass is 10.1. The van der Waals surface area contributed by atoms with E-state index in [0.717, 1.165) is 41.2 Å². The minimum absolute atomic E-state index is 0.0520. The molecule has 0 bridgehead atoms. The Kier molecular flexibility index (Phi) is 5.16. The molecule has 26 heavy (non-hydrogen) atoms. The second-order valence-electron chi connectivity index (χ2n) is 7.25. The molecule has 0 radical (unpaired) electrons. The fraction of sp³-hybridized carbons (Fsp3) is 0.429. The van der Waals surface area contributed by atoms with E-state index in [1.807, 2.05) is 49.1 Å². The van der Waals surface area contributed by atoms with Crippen molar-refractivity contribution in [3.05, 3.63) is 52.8 Å². The molecule has 2 amide bonds. The lowest BCUT2D eigenvalue weighted by Gasteiger charge is -2.16. The second-order valence-corrected chi connectivity index (χ2v) is 7.25. The first-order valence-corrected chi connectivity index (χ1v) is 9.24. The Bertz CT molecular complexity index is 819. The minimum atomic E-state index is -0.0520. The Labute approximate surface area is 155 Å². The van der Waals surface area contributed by atoms with Crippen LogP contribution in [-0.2, 0) is 11.3 Å². The van der Waals surface area contributed by atoms with E-state index in [1.165, 1.54) is 0 Å². The number of carbonyl (C=O) groups is 2. The molecule has 2 aromatic rings. The molecule has 1 aliphatic rings.